The van der Waals surface area contributed by atoms with Crippen molar-refractivity contribution < 1.29 is 9.50 Å². The number of rotatable bonds is 6. The second-order valence-electron chi connectivity index (χ2n) is 4.46. The van der Waals surface area contributed by atoms with Crippen LogP contribution in [0.1, 0.15) is 13.8 Å². The normalized spacial score (nSPS) is 14.4. The maximum atomic E-state index is 12.9. The first-order chi connectivity index (χ1) is 8.04. The fourth-order valence-corrected chi connectivity index (χ4v) is 1.67. The van der Waals surface area contributed by atoms with Crippen LogP contribution >= 0.6 is 0 Å². The lowest BCUT2D eigenvalue weighted by Crippen LogP contribution is -2.52. The molecule has 0 radical (unpaired) electrons. The number of halogens is 1. The highest BCUT2D eigenvalue weighted by Crippen LogP contribution is 2.17. The van der Waals surface area contributed by atoms with Gasteiger partial charge in [-0.25, -0.2) is 4.39 Å². The molecule has 0 heterocycles. The Morgan fingerprint density at radius 2 is 1.94 bits per heavy atom. The summed E-state index contributed by atoms with van der Waals surface area (Å²) in [4.78, 5) is 2.10. The Kier molecular flexibility index (Phi) is 4.90. The van der Waals surface area contributed by atoms with Crippen LogP contribution in [-0.4, -0.2) is 37.4 Å². The number of aliphatic hydroxyl groups is 1. The summed E-state index contributed by atoms with van der Waals surface area (Å²) in [6.07, 6.45) is 0. The molecular weight excluding hydrogens is 219 g/mol. The van der Waals surface area contributed by atoms with Crippen LogP contribution in [0.2, 0.25) is 0 Å². The Balaban J connectivity index is 2.81. The molecule has 4 heteroatoms. The highest BCUT2D eigenvalue weighted by atomic mass is 19.1. The first-order valence-electron chi connectivity index (χ1n) is 5.85. The first kappa shape index (κ1) is 13.9. The smallest absolute Gasteiger partial charge is 0.123 e. The molecule has 0 aromatic heterocycles. The molecule has 0 amide bonds. The van der Waals surface area contributed by atoms with Crippen LogP contribution in [0.4, 0.5) is 10.1 Å². The minimum Gasteiger partial charge on any atom is -0.394 e. The maximum Gasteiger partial charge on any atom is 0.123 e. The first-order valence-corrected chi connectivity index (χ1v) is 5.85. The second-order valence-corrected chi connectivity index (χ2v) is 4.46. The molecule has 1 aromatic rings. The highest BCUT2D eigenvalue weighted by Gasteiger charge is 2.23. The van der Waals surface area contributed by atoms with Gasteiger partial charge in [0.25, 0.3) is 0 Å². The van der Waals surface area contributed by atoms with Gasteiger partial charge in [0.2, 0.25) is 0 Å². The van der Waals surface area contributed by atoms with Gasteiger partial charge in [-0.15, -0.1) is 0 Å². The van der Waals surface area contributed by atoms with E-state index < -0.39 is 0 Å². The molecule has 3 nitrogen and oxygen atoms in total. The summed E-state index contributed by atoms with van der Waals surface area (Å²) in [5.74, 6) is -0.233. The number of anilines is 1. The standard InChI is InChI=1S/C13H21FN2O/c1-4-16(9-13(2,10-17)15-3)12-7-5-11(14)6-8-12/h5-8,15,17H,4,9-10H2,1-3H3. The Bertz CT molecular complexity index is 336. The topological polar surface area (TPSA) is 35.5 Å². The van der Waals surface area contributed by atoms with Crippen molar-refractivity contribution >= 4 is 5.69 Å². The van der Waals surface area contributed by atoms with Crippen LogP contribution in [-0.2, 0) is 0 Å². The van der Waals surface area contributed by atoms with Crippen molar-refractivity contribution in [3.05, 3.63) is 30.1 Å². The molecule has 0 fully saturated rings. The number of hydrogen-bond donors (Lipinski definition) is 2. The zero-order valence-corrected chi connectivity index (χ0v) is 10.7. The molecule has 1 atom stereocenters. The van der Waals surface area contributed by atoms with E-state index in [-0.39, 0.29) is 18.0 Å². The van der Waals surface area contributed by atoms with E-state index >= 15 is 0 Å². The lowest BCUT2D eigenvalue weighted by atomic mass is 10.0. The lowest BCUT2D eigenvalue weighted by Gasteiger charge is -2.34. The van der Waals surface area contributed by atoms with Gasteiger partial charge in [0.15, 0.2) is 0 Å². The number of likely N-dealkylation sites (N-methyl/N-ethyl adjacent to an activating group) is 2. The van der Waals surface area contributed by atoms with Crippen molar-refractivity contribution in [1.82, 2.24) is 5.32 Å². The molecular formula is C13H21FN2O. The second kappa shape index (κ2) is 5.98. The summed E-state index contributed by atoms with van der Waals surface area (Å²) in [6.45, 7) is 5.53. The average molecular weight is 240 g/mol. The molecule has 2 N–H and O–H groups in total. The summed E-state index contributed by atoms with van der Waals surface area (Å²) < 4.78 is 12.9. The molecule has 0 aliphatic heterocycles. The van der Waals surface area contributed by atoms with Gasteiger partial charge < -0.3 is 15.3 Å². The van der Waals surface area contributed by atoms with Crippen LogP contribution < -0.4 is 10.2 Å². The molecule has 0 saturated heterocycles. The predicted molar refractivity (Wildman–Crippen MR) is 68.8 cm³/mol. The van der Waals surface area contributed by atoms with Crippen LogP contribution in [0.25, 0.3) is 0 Å². The summed E-state index contributed by atoms with van der Waals surface area (Å²) in [6, 6.07) is 6.42. The minimum absolute atomic E-state index is 0.0567. The Labute approximate surface area is 102 Å². The van der Waals surface area contributed by atoms with Gasteiger partial charge in [-0.1, -0.05) is 0 Å². The molecule has 1 rings (SSSR count). The van der Waals surface area contributed by atoms with E-state index in [9.17, 15) is 9.50 Å². The molecule has 17 heavy (non-hydrogen) atoms. The van der Waals surface area contributed by atoms with Gasteiger partial charge in [0, 0.05) is 18.8 Å². The fourth-order valence-electron chi connectivity index (χ4n) is 1.67. The SMILES string of the molecule is CCN(CC(C)(CO)NC)c1ccc(F)cc1. The Morgan fingerprint density at radius 1 is 1.35 bits per heavy atom. The monoisotopic (exact) mass is 240 g/mol. The van der Waals surface area contributed by atoms with Crippen molar-refractivity contribution in [3.63, 3.8) is 0 Å². The molecule has 0 aliphatic carbocycles. The van der Waals surface area contributed by atoms with Crippen LogP contribution in [0, 0.1) is 5.82 Å². The maximum absolute atomic E-state index is 12.9. The van der Waals surface area contributed by atoms with Crippen LogP contribution in [0.5, 0.6) is 0 Å². The van der Waals surface area contributed by atoms with E-state index in [2.05, 4.69) is 10.2 Å². The molecule has 96 valence electrons. The van der Waals surface area contributed by atoms with E-state index in [0.717, 1.165) is 12.2 Å². The number of hydrogen-bond acceptors (Lipinski definition) is 3. The summed E-state index contributed by atoms with van der Waals surface area (Å²) in [5, 5.41) is 12.5. The van der Waals surface area contributed by atoms with Crippen molar-refractivity contribution in [2.75, 3.05) is 31.6 Å². The van der Waals surface area contributed by atoms with E-state index in [1.54, 1.807) is 12.1 Å². The number of aliphatic hydroxyl groups excluding tert-OH is 1. The van der Waals surface area contributed by atoms with Crippen molar-refractivity contribution in [1.29, 1.82) is 0 Å². The van der Waals surface area contributed by atoms with Crippen molar-refractivity contribution in [2.45, 2.75) is 19.4 Å². The summed E-state index contributed by atoms with van der Waals surface area (Å²) in [7, 11) is 1.83. The Morgan fingerprint density at radius 3 is 2.35 bits per heavy atom. The van der Waals surface area contributed by atoms with Gasteiger partial charge in [0.05, 0.1) is 12.1 Å². The van der Waals surface area contributed by atoms with Gasteiger partial charge >= 0.3 is 0 Å². The lowest BCUT2D eigenvalue weighted by molar-refractivity contribution is 0.186. The third kappa shape index (κ3) is 3.68. The van der Waals surface area contributed by atoms with Gasteiger partial charge in [0.1, 0.15) is 5.82 Å². The largest absolute Gasteiger partial charge is 0.394 e. The third-order valence-electron chi connectivity index (χ3n) is 3.07. The van der Waals surface area contributed by atoms with Gasteiger partial charge in [-0.3, -0.25) is 0 Å². The zero-order valence-electron chi connectivity index (χ0n) is 10.7. The quantitative estimate of drug-likeness (QED) is 0.793. The van der Waals surface area contributed by atoms with Gasteiger partial charge in [-0.2, -0.15) is 0 Å². The molecule has 0 saturated carbocycles. The van der Waals surface area contributed by atoms with Crippen LogP contribution in [0.15, 0.2) is 24.3 Å². The highest BCUT2D eigenvalue weighted by molar-refractivity contribution is 5.46. The molecule has 0 aliphatic rings. The van der Waals surface area contributed by atoms with E-state index in [0.29, 0.717) is 6.54 Å². The Hall–Kier alpha value is -1.13. The zero-order chi connectivity index (χ0) is 12.9. The molecule has 1 aromatic carbocycles. The number of nitrogens with zero attached hydrogens (tertiary/aromatic N) is 1. The number of benzene rings is 1. The summed E-state index contributed by atoms with van der Waals surface area (Å²) in [5.41, 5.74) is 0.605. The van der Waals surface area contributed by atoms with Crippen molar-refractivity contribution in [3.8, 4) is 0 Å². The molecule has 0 spiro atoms. The molecule has 0 bridgehead atoms. The molecule has 1 unspecified atom stereocenters. The third-order valence-corrected chi connectivity index (χ3v) is 3.07. The van der Waals surface area contributed by atoms with E-state index in [4.69, 9.17) is 0 Å². The average Bonchev–Trinajstić information content (AvgIpc) is 2.37. The number of nitrogens with one attached hydrogen (secondary N) is 1. The summed E-state index contributed by atoms with van der Waals surface area (Å²) >= 11 is 0. The van der Waals surface area contributed by atoms with Crippen LogP contribution in [0.3, 0.4) is 0 Å². The van der Waals surface area contributed by atoms with Gasteiger partial charge in [-0.05, 0) is 45.2 Å². The predicted octanol–water partition coefficient (Wildman–Crippen LogP) is 1.62. The van der Waals surface area contributed by atoms with E-state index in [1.165, 1.54) is 12.1 Å². The van der Waals surface area contributed by atoms with E-state index in [1.807, 2.05) is 20.9 Å². The van der Waals surface area contributed by atoms with Crippen molar-refractivity contribution in [2.24, 2.45) is 0 Å². The fraction of sp³-hybridized carbons (Fsp3) is 0.538. The minimum atomic E-state index is -0.357.